The van der Waals surface area contributed by atoms with E-state index in [-0.39, 0.29) is 16.9 Å². The van der Waals surface area contributed by atoms with Gasteiger partial charge < -0.3 is 9.90 Å². The molecule has 2 rings (SSSR count). The zero-order chi connectivity index (χ0) is 13.1. The van der Waals surface area contributed by atoms with Crippen molar-refractivity contribution in [3.63, 3.8) is 0 Å². The molecule has 0 unspecified atom stereocenters. The molecule has 0 aliphatic carbocycles. The van der Waals surface area contributed by atoms with Crippen LogP contribution in [-0.2, 0) is 0 Å². The molecule has 0 heterocycles. The summed E-state index contributed by atoms with van der Waals surface area (Å²) in [6, 6.07) is 12.2. The van der Waals surface area contributed by atoms with Gasteiger partial charge in [-0.25, -0.2) is 0 Å². The molecule has 0 aliphatic rings. The van der Waals surface area contributed by atoms with Crippen LogP contribution in [0.5, 0.6) is 0 Å². The molecule has 0 N–H and O–H groups in total. The largest absolute Gasteiger partial charge is 0.545 e. The first-order valence-electron chi connectivity index (χ1n) is 5.20. The normalized spacial score (nSPS) is 10.1. The highest BCUT2D eigenvalue weighted by Gasteiger charge is 2.13. The number of hydrogen-bond acceptors (Lipinski definition) is 3. The molecule has 2 aromatic rings. The van der Waals surface area contributed by atoms with Crippen LogP contribution in [0.2, 0.25) is 5.02 Å². The minimum atomic E-state index is -1.37. The SMILES string of the molecule is O=C([O-])c1ccccc1C(=O)c1ccc(Cl)cc1. The second-order valence-electron chi connectivity index (χ2n) is 3.67. The lowest BCUT2D eigenvalue weighted by atomic mass is 9.98. The predicted molar refractivity (Wildman–Crippen MR) is 65.7 cm³/mol. The Bertz CT molecular complexity index is 603. The Morgan fingerprint density at radius 2 is 1.44 bits per heavy atom. The standard InChI is InChI=1S/C14H9ClO3/c15-10-7-5-9(6-8-10)13(16)11-3-1-2-4-12(11)14(17)18/h1-8H,(H,17,18)/p-1. The topological polar surface area (TPSA) is 57.2 Å². The number of halogens is 1. The lowest BCUT2D eigenvalue weighted by molar-refractivity contribution is -0.255. The van der Waals surface area contributed by atoms with E-state index in [1.54, 1.807) is 36.4 Å². The Labute approximate surface area is 109 Å². The fourth-order valence-electron chi connectivity index (χ4n) is 1.62. The van der Waals surface area contributed by atoms with Gasteiger partial charge in [0, 0.05) is 21.7 Å². The molecule has 90 valence electrons. The maximum Gasteiger partial charge on any atom is 0.193 e. The average molecular weight is 260 g/mol. The van der Waals surface area contributed by atoms with Gasteiger partial charge in [0.25, 0.3) is 0 Å². The molecule has 0 spiro atoms. The highest BCUT2D eigenvalue weighted by atomic mass is 35.5. The number of carboxylic acids is 1. The number of carboxylic acid groups (broad SMARTS) is 1. The molecule has 18 heavy (non-hydrogen) atoms. The van der Waals surface area contributed by atoms with Crippen LogP contribution in [0.25, 0.3) is 0 Å². The highest BCUT2D eigenvalue weighted by Crippen LogP contribution is 2.16. The van der Waals surface area contributed by atoms with Gasteiger partial charge in [0.15, 0.2) is 5.78 Å². The molecule has 4 heteroatoms. The zero-order valence-corrected chi connectivity index (χ0v) is 9.98. The maximum atomic E-state index is 12.1. The first-order chi connectivity index (χ1) is 8.59. The molecule has 0 amide bonds. The van der Waals surface area contributed by atoms with Crippen molar-refractivity contribution in [2.45, 2.75) is 0 Å². The van der Waals surface area contributed by atoms with Crippen molar-refractivity contribution in [3.8, 4) is 0 Å². The summed E-state index contributed by atoms with van der Waals surface area (Å²) in [7, 11) is 0. The summed E-state index contributed by atoms with van der Waals surface area (Å²) >= 11 is 5.73. The van der Waals surface area contributed by atoms with Crippen LogP contribution in [0, 0.1) is 0 Å². The molecule has 0 atom stereocenters. The summed E-state index contributed by atoms with van der Waals surface area (Å²) in [4.78, 5) is 23.1. The molecule has 0 radical (unpaired) electrons. The highest BCUT2D eigenvalue weighted by molar-refractivity contribution is 6.30. The van der Waals surface area contributed by atoms with Crippen LogP contribution in [0.15, 0.2) is 48.5 Å². The minimum absolute atomic E-state index is 0.111. The first-order valence-corrected chi connectivity index (χ1v) is 5.58. The van der Waals surface area contributed by atoms with E-state index in [1.807, 2.05) is 0 Å². The molecule has 3 nitrogen and oxygen atoms in total. The van der Waals surface area contributed by atoms with Crippen LogP contribution < -0.4 is 5.11 Å². The molecule has 0 saturated heterocycles. The first kappa shape index (κ1) is 12.3. The van der Waals surface area contributed by atoms with Crippen LogP contribution in [0.1, 0.15) is 26.3 Å². The van der Waals surface area contributed by atoms with Gasteiger partial charge in [-0.1, -0.05) is 35.9 Å². The van der Waals surface area contributed by atoms with Gasteiger partial charge in [-0.15, -0.1) is 0 Å². The molecule has 0 saturated carbocycles. The van der Waals surface area contributed by atoms with Gasteiger partial charge in [0.1, 0.15) is 0 Å². The van der Waals surface area contributed by atoms with E-state index in [1.165, 1.54) is 12.1 Å². The Morgan fingerprint density at radius 3 is 2.00 bits per heavy atom. The van der Waals surface area contributed by atoms with Crippen LogP contribution in [-0.4, -0.2) is 11.8 Å². The summed E-state index contributed by atoms with van der Waals surface area (Å²) in [5.74, 6) is -1.74. The van der Waals surface area contributed by atoms with Gasteiger partial charge in [-0.3, -0.25) is 4.79 Å². The van der Waals surface area contributed by atoms with Crippen LogP contribution in [0.4, 0.5) is 0 Å². The monoisotopic (exact) mass is 259 g/mol. The average Bonchev–Trinajstić information content (AvgIpc) is 2.39. The van der Waals surface area contributed by atoms with Gasteiger partial charge in [-0.2, -0.15) is 0 Å². The number of rotatable bonds is 3. The van der Waals surface area contributed by atoms with Crippen molar-refractivity contribution >= 4 is 23.4 Å². The third-order valence-corrected chi connectivity index (χ3v) is 2.75. The van der Waals surface area contributed by atoms with Crippen molar-refractivity contribution < 1.29 is 14.7 Å². The summed E-state index contributed by atoms with van der Waals surface area (Å²) < 4.78 is 0. The van der Waals surface area contributed by atoms with Crippen LogP contribution in [0.3, 0.4) is 0 Å². The number of hydrogen-bond donors (Lipinski definition) is 0. The number of carbonyl (C=O) groups excluding carboxylic acids is 2. The fourth-order valence-corrected chi connectivity index (χ4v) is 1.74. The van der Waals surface area contributed by atoms with E-state index in [0.717, 1.165) is 0 Å². The van der Waals surface area contributed by atoms with Crippen molar-refractivity contribution in [3.05, 3.63) is 70.2 Å². The Hall–Kier alpha value is -2.13. The summed E-state index contributed by atoms with van der Waals surface area (Å²) in [5, 5.41) is 11.4. The Kier molecular flexibility index (Phi) is 3.44. The lowest BCUT2D eigenvalue weighted by Gasteiger charge is -2.09. The molecule has 0 aliphatic heterocycles. The molecule has 0 fully saturated rings. The number of ketones is 1. The number of carbonyl (C=O) groups is 2. The van der Waals surface area contributed by atoms with Crippen molar-refractivity contribution in [2.24, 2.45) is 0 Å². The summed E-state index contributed by atoms with van der Waals surface area (Å²) in [6.07, 6.45) is 0. The molecular weight excluding hydrogens is 252 g/mol. The van der Waals surface area contributed by atoms with Gasteiger partial charge in [-0.05, 0) is 24.3 Å². The Morgan fingerprint density at radius 1 is 0.889 bits per heavy atom. The van der Waals surface area contributed by atoms with Crippen LogP contribution >= 0.6 is 11.6 Å². The van der Waals surface area contributed by atoms with E-state index in [0.29, 0.717) is 10.6 Å². The molecule has 0 bridgehead atoms. The zero-order valence-electron chi connectivity index (χ0n) is 9.22. The van der Waals surface area contributed by atoms with Crippen molar-refractivity contribution in [1.82, 2.24) is 0 Å². The van der Waals surface area contributed by atoms with Crippen molar-refractivity contribution in [2.75, 3.05) is 0 Å². The fraction of sp³-hybridized carbons (Fsp3) is 0. The number of benzene rings is 2. The van der Waals surface area contributed by atoms with Gasteiger partial charge in [0.05, 0.1) is 5.97 Å². The van der Waals surface area contributed by atoms with E-state index in [4.69, 9.17) is 11.6 Å². The van der Waals surface area contributed by atoms with Gasteiger partial charge >= 0.3 is 0 Å². The third kappa shape index (κ3) is 2.41. The quantitative estimate of drug-likeness (QED) is 0.792. The Balaban J connectivity index is 2.46. The van der Waals surface area contributed by atoms with E-state index < -0.39 is 5.97 Å². The van der Waals surface area contributed by atoms with Gasteiger partial charge in [0.2, 0.25) is 0 Å². The molecule has 0 aromatic heterocycles. The van der Waals surface area contributed by atoms with E-state index in [9.17, 15) is 14.7 Å². The predicted octanol–water partition coefficient (Wildman–Crippen LogP) is 1.93. The third-order valence-electron chi connectivity index (χ3n) is 2.50. The van der Waals surface area contributed by atoms with E-state index >= 15 is 0 Å². The number of aromatic carboxylic acids is 1. The lowest BCUT2D eigenvalue weighted by Crippen LogP contribution is -2.25. The second-order valence-corrected chi connectivity index (χ2v) is 4.11. The second kappa shape index (κ2) is 5.02. The molecule has 2 aromatic carbocycles. The summed E-state index contributed by atoms with van der Waals surface area (Å²) in [6.45, 7) is 0. The van der Waals surface area contributed by atoms with E-state index in [2.05, 4.69) is 0 Å². The summed E-state index contributed by atoms with van der Waals surface area (Å²) in [5.41, 5.74) is 0.380. The smallest absolute Gasteiger partial charge is 0.193 e. The minimum Gasteiger partial charge on any atom is -0.545 e. The molecular formula is C14H8ClO3-. The van der Waals surface area contributed by atoms with Crippen molar-refractivity contribution in [1.29, 1.82) is 0 Å². The maximum absolute atomic E-state index is 12.1.